The van der Waals surface area contributed by atoms with Crippen LogP contribution in [0.25, 0.3) is 11.1 Å². The molecule has 23 heavy (non-hydrogen) atoms. The van der Waals surface area contributed by atoms with Crippen molar-refractivity contribution in [1.82, 2.24) is 4.98 Å². The predicted octanol–water partition coefficient (Wildman–Crippen LogP) is 6.62. The first kappa shape index (κ1) is 16.4. The van der Waals surface area contributed by atoms with Crippen molar-refractivity contribution in [2.45, 2.75) is 51.4 Å². The van der Waals surface area contributed by atoms with Gasteiger partial charge in [0, 0.05) is 5.56 Å². The van der Waals surface area contributed by atoms with Crippen LogP contribution in [0.5, 0.6) is 0 Å². The first-order valence-electron chi connectivity index (χ1n) is 8.59. The highest BCUT2D eigenvalue weighted by molar-refractivity contribution is 6.29. The summed E-state index contributed by atoms with van der Waals surface area (Å²) in [4.78, 5) is 3.69. The normalized spacial score (nSPS) is 21.3. The van der Waals surface area contributed by atoms with Gasteiger partial charge in [-0.05, 0) is 60.8 Å². The van der Waals surface area contributed by atoms with Crippen LogP contribution in [0.2, 0.25) is 5.15 Å². The van der Waals surface area contributed by atoms with Gasteiger partial charge in [-0.25, -0.2) is 4.98 Å². The molecule has 0 radical (unpaired) electrons. The van der Waals surface area contributed by atoms with Gasteiger partial charge < -0.3 is 0 Å². The summed E-state index contributed by atoms with van der Waals surface area (Å²) in [5.41, 5.74) is 2.74. The van der Waals surface area contributed by atoms with Crippen molar-refractivity contribution in [3.63, 3.8) is 0 Å². The molecule has 122 valence electrons. The summed E-state index contributed by atoms with van der Waals surface area (Å²) in [6.07, 6.45) is 7.91. The molecular weight excluding hydrogens is 309 g/mol. The topological polar surface area (TPSA) is 12.9 Å². The molecule has 1 fully saturated rings. The van der Waals surface area contributed by atoms with Crippen molar-refractivity contribution in [3.05, 3.63) is 53.1 Å². The lowest BCUT2D eigenvalue weighted by Crippen LogP contribution is -2.13. The Hall–Kier alpha value is -1.41. The molecule has 0 spiro atoms. The summed E-state index contributed by atoms with van der Waals surface area (Å²) in [5.74, 6) is 1.07. The summed E-state index contributed by atoms with van der Waals surface area (Å²) in [6.45, 7) is 2.27. The van der Waals surface area contributed by atoms with Crippen LogP contribution in [0.15, 0.2) is 36.4 Å². The molecule has 0 bridgehead atoms. The summed E-state index contributed by atoms with van der Waals surface area (Å²) >= 11 is 5.71. The molecule has 0 unspecified atom stereocenters. The van der Waals surface area contributed by atoms with E-state index in [0.29, 0.717) is 11.5 Å². The second kappa shape index (κ2) is 7.44. The Balaban J connectivity index is 1.70. The smallest absolute Gasteiger partial charge is 0.207 e. The minimum atomic E-state index is -0.509. The lowest BCUT2D eigenvalue weighted by atomic mass is 9.77. The van der Waals surface area contributed by atoms with Crippen molar-refractivity contribution in [1.29, 1.82) is 0 Å². The summed E-state index contributed by atoms with van der Waals surface area (Å²) in [6, 6.07) is 11.6. The fourth-order valence-electron chi connectivity index (χ4n) is 3.76. The third-order valence-corrected chi connectivity index (χ3v) is 5.26. The van der Waals surface area contributed by atoms with Crippen LogP contribution in [0.3, 0.4) is 0 Å². The highest BCUT2D eigenvalue weighted by Crippen LogP contribution is 2.38. The molecule has 3 heteroatoms. The molecule has 0 atom stereocenters. The Morgan fingerprint density at radius 2 is 1.74 bits per heavy atom. The fourth-order valence-corrected chi connectivity index (χ4v) is 3.89. The van der Waals surface area contributed by atoms with E-state index >= 15 is 0 Å². The molecule has 1 aromatic carbocycles. The summed E-state index contributed by atoms with van der Waals surface area (Å²) < 4.78 is 13.9. The van der Waals surface area contributed by atoms with Crippen LogP contribution in [-0.4, -0.2) is 4.98 Å². The zero-order valence-electron chi connectivity index (χ0n) is 13.6. The number of pyridine rings is 1. The quantitative estimate of drug-likeness (QED) is 0.574. The van der Waals surface area contributed by atoms with E-state index in [-0.39, 0.29) is 5.15 Å². The third-order valence-electron chi connectivity index (χ3n) is 5.05. The van der Waals surface area contributed by atoms with E-state index in [9.17, 15) is 4.39 Å². The monoisotopic (exact) mass is 331 g/mol. The standard InChI is InChI=1S/C20H23ClFN/c1-2-3-14-4-6-15(7-5-14)16-8-10-17(11-9-16)18-12-13-19(21)23-20(18)22/h8-15H,2-7H2,1H3/t14-,15-. The van der Waals surface area contributed by atoms with Crippen molar-refractivity contribution < 1.29 is 4.39 Å². The number of benzene rings is 1. The lowest BCUT2D eigenvalue weighted by Gasteiger charge is -2.28. The van der Waals surface area contributed by atoms with Crippen LogP contribution in [0, 0.1) is 11.9 Å². The van der Waals surface area contributed by atoms with Crippen molar-refractivity contribution in [2.24, 2.45) is 5.92 Å². The molecule has 0 saturated heterocycles. The molecular formula is C20H23ClFN. The molecule has 1 aromatic heterocycles. The highest BCUT2D eigenvalue weighted by Gasteiger charge is 2.21. The van der Waals surface area contributed by atoms with E-state index < -0.39 is 5.95 Å². The molecule has 2 aromatic rings. The number of halogens is 2. The average Bonchev–Trinajstić information content (AvgIpc) is 2.56. The molecule has 0 aliphatic heterocycles. The van der Waals surface area contributed by atoms with Crippen molar-refractivity contribution >= 4 is 11.6 Å². The first-order valence-corrected chi connectivity index (χ1v) is 8.97. The molecule has 1 aliphatic rings. The van der Waals surface area contributed by atoms with Crippen molar-refractivity contribution in [3.8, 4) is 11.1 Å². The van der Waals surface area contributed by atoms with Gasteiger partial charge in [-0.2, -0.15) is 4.39 Å². The summed E-state index contributed by atoms with van der Waals surface area (Å²) in [5, 5.41) is 0.187. The Labute approximate surface area is 142 Å². The molecule has 1 nitrogen and oxygen atoms in total. The molecule has 1 aliphatic carbocycles. The second-order valence-corrected chi connectivity index (χ2v) is 6.99. The molecule has 0 N–H and O–H groups in total. The maximum atomic E-state index is 13.9. The van der Waals surface area contributed by atoms with E-state index in [1.165, 1.54) is 44.1 Å². The molecule has 1 saturated carbocycles. The van der Waals surface area contributed by atoms with Crippen LogP contribution >= 0.6 is 11.6 Å². The molecule has 1 heterocycles. The summed E-state index contributed by atoms with van der Waals surface area (Å²) in [7, 11) is 0. The second-order valence-electron chi connectivity index (χ2n) is 6.60. The third kappa shape index (κ3) is 3.92. The zero-order valence-corrected chi connectivity index (χ0v) is 14.3. The highest BCUT2D eigenvalue weighted by atomic mass is 35.5. The van der Waals surface area contributed by atoms with Gasteiger partial charge in [0.1, 0.15) is 5.15 Å². The van der Waals surface area contributed by atoms with Gasteiger partial charge in [0.2, 0.25) is 5.95 Å². The van der Waals surface area contributed by atoms with Gasteiger partial charge in [0.05, 0.1) is 0 Å². The minimum absolute atomic E-state index is 0.187. The lowest BCUT2D eigenvalue weighted by molar-refractivity contribution is 0.308. The van der Waals surface area contributed by atoms with Gasteiger partial charge >= 0.3 is 0 Å². The van der Waals surface area contributed by atoms with E-state index in [1.807, 2.05) is 12.1 Å². The van der Waals surface area contributed by atoms with Crippen LogP contribution in [-0.2, 0) is 0 Å². The number of aromatic nitrogens is 1. The van der Waals surface area contributed by atoms with Gasteiger partial charge in [0.25, 0.3) is 0 Å². The van der Waals surface area contributed by atoms with Crippen LogP contribution in [0.1, 0.15) is 56.9 Å². The molecule has 0 amide bonds. The Bertz CT molecular complexity index is 645. The molecule has 3 rings (SSSR count). The Morgan fingerprint density at radius 3 is 2.35 bits per heavy atom. The number of rotatable bonds is 4. The SMILES string of the molecule is CCC[C@H]1CC[C@H](c2ccc(-c3ccc(Cl)nc3F)cc2)CC1. The van der Waals surface area contributed by atoms with E-state index in [2.05, 4.69) is 24.0 Å². The minimum Gasteiger partial charge on any atom is -0.207 e. The van der Waals surface area contributed by atoms with Gasteiger partial charge in [-0.15, -0.1) is 0 Å². The van der Waals surface area contributed by atoms with Gasteiger partial charge in [-0.3, -0.25) is 0 Å². The van der Waals surface area contributed by atoms with Crippen molar-refractivity contribution in [2.75, 3.05) is 0 Å². The first-order chi connectivity index (χ1) is 11.2. The van der Waals surface area contributed by atoms with E-state index in [4.69, 9.17) is 11.6 Å². The largest absolute Gasteiger partial charge is 0.222 e. The number of hydrogen-bond acceptors (Lipinski definition) is 1. The van der Waals surface area contributed by atoms with E-state index in [1.54, 1.807) is 12.1 Å². The van der Waals surface area contributed by atoms with Crippen LogP contribution < -0.4 is 0 Å². The fraction of sp³-hybridized carbons (Fsp3) is 0.450. The average molecular weight is 332 g/mol. The number of nitrogens with zero attached hydrogens (tertiary/aromatic N) is 1. The maximum absolute atomic E-state index is 13.9. The maximum Gasteiger partial charge on any atom is 0.222 e. The van der Waals surface area contributed by atoms with E-state index in [0.717, 1.165) is 11.5 Å². The van der Waals surface area contributed by atoms with Crippen LogP contribution in [0.4, 0.5) is 4.39 Å². The Kier molecular flexibility index (Phi) is 5.32. The number of hydrogen-bond donors (Lipinski definition) is 0. The zero-order chi connectivity index (χ0) is 16.2. The van der Waals surface area contributed by atoms with Gasteiger partial charge in [-0.1, -0.05) is 55.6 Å². The Morgan fingerprint density at radius 1 is 1.04 bits per heavy atom. The van der Waals surface area contributed by atoms with Gasteiger partial charge in [0.15, 0.2) is 0 Å². The predicted molar refractivity (Wildman–Crippen MR) is 94.2 cm³/mol.